The molecule has 19 heavy (non-hydrogen) atoms. The molecule has 1 aliphatic rings. The van der Waals surface area contributed by atoms with Crippen molar-refractivity contribution in [2.45, 2.75) is 12.8 Å². The first-order chi connectivity index (χ1) is 9.11. The van der Waals surface area contributed by atoms with Crippen LogP contribution in [0, 0.1) is 5.92 Å². The molecule has 1 aromatic heterocycles. The highest BCUT2D eigenvalue weighted by atomic mass is 16.4. The van der Waals surface area contributed by atoms with Gasteiger partial charge in [0.15, 0.2) is 5.69 Å². The van der Waals surface area contributed by atoms with Crippen LogP contribution in [-0.4, -0.2) is 47.1 Å². The fourth-order valence-electron chi connectivity index (χ4n) is 2.17. The standard InChI is InChI=1S/C12H16N4O3/c1-13-11(17)8-2-4-16(5-3-8)10-7-14-9(6-15-10)12(18)19/h6-8H,2-5H2,1H3,(H,13,17)(H,18,19). The van der Waals surface area contributed by atoms with Crippen molar-refractivity contribution in [1.29, 1.82) is 0 Å². The molecule has 2 N–H and O–H groups in total. The molecule has 102 valence electrons. The molecular formula is C12H16N4O3. The quantitative estimate of drug-likeness (QED) is 0.806. The topological polar surface area (TPSA) is 95.4 Å². The molecule has 0 unspecified atom stereocenters. The minimum atomic E-state index is -1.09. The van der Waals surface area contributed by atoms with E-state index in [9.17, 15) is 9.59 Å². The number of carbonyl (C=O) groups is 2. The zero-order valence-electron chi connectivity index (χ0n) is 10.7. The number of piperidine rings is 1. The molecule has 0 radical (unpaired) electrons. The normalized spacial score (nSPS) is 16.2. The first-order valence-corrected chi connectivity index (χ1v) is 6.13. The van der Waals surface area contributed by atoms with Crippen molar-refractivity contribution in [2.24, 2.45) is 5.92 Å². The number of rotatable bonds is 3. The third-order valence-corrected chi connectivity index (χ3v) is 3.29. The fourth-order valence-corrected chi connectivity index (χ4v) is 2.17. The van der Waals surface area contributed by atoms with E-state index in [-0.39, 0.29) is 17.5 Å². The summed E-state index contributed by atoms with van der Waals surface area (Å²) in [5.74, 6) is -0.308. The van der Waals surface area contributed by atoms with E-state index in [0.717, 1.165) is 25.9 Å². The second kappa shape index (κ2) is 5.64. The van der Waals surface area contributed by atoms with Crippen LogP contribution in [0.1, 0.15) is 23.3 Å². The van der Waals surface area contributed by atoms with E-state index >= 15 is 0 Å². The number of carboxylic acids is 1. The molecule has 1 aliphatic heterocycles. The molecular weight excluding hydrogens is 248 g/mol. The summed E-state index contributed by atoms with van der Waals surface area (Å²) in [4.78, 5) is 32.1. The van der Waals surface area contributed by atoms with E-state index in [1.807, 2.05) is 4.90 Å². The lowest BCUT2D eigenvalue weighted by Crippen LogP contribution is -2.40. The molecule has 0 atom stereocenters. The second-order valence-electron chi connectivity index (χ2n) is 4.44. The molecule has 0 bridgehead atoms. The average Bonchev–Trinajstić information content (AvgIpc) is 2.46. The van der Waals surface area contributed by atoms with E-state index in [1.165, 1.54) is 12.4 Å². The summed E-state index contributed by atoms with van der Waals surface area (Å²) in [5.41, 5.74) is -0.0657. The minimum Gasteiger partial charge on any atom is -0.476 e. The molecule has 1 fully saturated rings. The predicted molar refractivity (Wildman–Crippen MR) is 68.0 cm³/mol. The Bertz CT molecular complexity index is 466. The first-order valence-electron chi connectivity index (χ1n) is 6.13. The Kier molecular flexibility index (Phi) is 3.94. The number of anilines is 1. The van der Waals surface area contributed by atoms with Gasteiger partial charge in [-0.15, -0.1) is 0 Å². The van der Waals surface area contributed by atoms with Crippen molar-refractivity contribution in [3.05, 3.63) is 18.1 Å². The summed E-state index contributed by atoms with van der Waals surface area (Å²) < 4.78 is 0. The van der Waals surface area contributed by atoms with Gasteiger partial charge in [0.25, 0.3) is 0 Å². The van der Waals surface area contributed by atoms with E-state index in [0.29, 0.717) is 5.82 Å². The number of amides is 1. The van der Waals surface area contributed by atoms with Crippen LogP contribution in [0.4, 0.5) is 5.82 Å². The van der Waals surface area contributed by atoms with Gasteiger partial charge >= 0.3 is 5.97 Å². The molecule has 0 aliphatic carbocycles. The Morgan fingerprint density at radius 1 is 1.32 bits per heavy atom. The Morgan fingerprint density at radius 2 is 2.00 bits per heavy atom. The maximum atomic E-state index is 11.5. The molecule has 1 saturated heterocycles. The predicted octanol–water partition coefficient (Wildman–Crippen LogP) is 0.137. The summed E-state index contributed by atoms with van der Waals surface area (Å²) in [7, 11) is 1.64. The van der Waals surface area contributed by atoms with Gasteiger partial charge in [-0.25, -0.2) is 14.8 Å². The number of hydrogen-bond donors (Lipinski definition) is 2. The lowest BCUT2D eigenvalue weighted by molar-refractivity contribution is -0.125. The van der Waals surface area contributed by atoms with Gasteiger partial charge in [0.1, 0.15) is 5.82 Å². The van der Waals surface area contributed by atoms with Crippen LogP contribution in [0.2, 0.25) is 0 Å². The summed E-state index contributed by atoms with van der Waals surface area (Å²) in [6, 6.07) is 0. The Morgan fingerprint density at radius 3 is 2.47 bits per heavy atom. The maximum absolute atomic E-state index is 11.5. The summed E-state index contributed by atoms with van der Waals surface area (Å²) in [5, 5.41) is 11.4. The maximum Gasteiger partial charge on any atom is 0.356 e. The van der Waals surface area contributed by atoms with Gasteiger partial charge in [0.05, 0.1) is 12.4 Å². The lowest BCUT2D eigenvalue weighted by atomic mass is 9.96. The highest BCUT2D eigenvalue weighted by molar-refractivity contribution is 5.84. The molecule has 0 aromatic carbocycles. The zero-order chi connectivity index (χ0) is 13.8. The summed E-state index contributed by atoms with van der Waals surface area (Å²) >= 11 is 0. The van der Waals surface area contributed by atoms with Crippen LogP contribution < -0.4 is 10.2 Å². The van der Waals surface area contributed by atoms with Gasteiger partial charge in [-0.1, -0.05) is 0 Å². The Labute approximate surface area is 110 Å². The number of aromatic carboxylic acids is 1. The monoisotopic (exact) mass is 264 g/mol. The number of aromatic nitrogens is 2. The number of nitrogens with one attached hydrogen (secondary N) is 1. The lowest BCUT2D eigenvalue weighted by Gasteiger charge is -2.31. The van der Waals surface area contributed by atoms with Crippen molar-refractivity contribution in [2.75, 3.05) is 25.0 Å². The third kappa shape index (κ3) is 2.98. The molecule has 2 rings (SSSR count). The molecule has 0 spiro atoms. The van der Waals surface area contributed by atoms with Crippen molar-refractivity contribution in [1.82, 2.24) is 15.3 Å². The molecule has 1 amide bonds. The van der Waals surface area contributed by atoms with Crippen LogP contribution in [0.25, 0.3) is 0 Å². The minimum absolute atomic E-state index is 0.0486. The summed E-state index contributed by atoms with van der Waals surface area (Å²) in [6.45, 7) is 1.44. The van der Waals surface area contributed by atoms with E-state index < -0.39 is 5.97 Å². The van der Waals surface area contributed by atoms with Crippen molar-refractivity contribution in [3.63, 3.8) is 0 Å². The van der Waals surface area contributed by atoms with Gasteiger partial charge in [0.2, 0.25) is 5.91 Å². The second-order valence-corrected chi connectivity index (χ2v) is 4.44. The molecule has 2 heterocycles. The highest BCUT2D eigenvalue weighted by Gasteiger charge is 2.25. The largest absolute Gasteiger partial charge is 0.476 e. The van der Waals surface area contributed by atoms with Gasteiger partial charge in [0, 0.05) is 26.1 Å². The van der Waals surface area contributed by atoms with E-state index in [4.69, 9.17) is 5.11 Å². The molecule has 1 aromatic rings. The number of carbonyl (C=O) groups excluding carboxylic acids is 1. The van der Waals surface area contributed by atoms with Crippen molar-refractivity contribution in [3.8, 4) is 0 Å². The fraction of sp³-hybridized carbons (Fsp3) is 0.500. The van der Waals surface area contributed by atoms with Crippen molar-refractivity contribution >= 4 is 17.7 Å². The Hall–Kier alpha value is -2.18. The molecule has 0 saturated carbocycles. The summed E-state index contributed by atoms with van der Waals surface area (Å²) in [6.07, 6.45) is 4.25. The molecule has 7 heteroatoms. The van der Waals surface area contributed by atoms with E-state index in [2.05, 4.69) is 15.3 Å². The van der Waals surface area contributed by atoms with Crippen LogP contribution in [0.15, 0.2) is 12.4 Å². The SMILES string of the molecule is CNC(=O)C1CCN(c2cnc(C(=O)O)cn2)CC1. The number of hydrogen-bond acceptors (Lipinski definition) is 5. The van der Waals surface area contributed by atoms with Crippen LogP contribution in [-0.2, 0) is 4.79 Å². The number of carboxylic acid groups (broad SMARTS) is 1. The smallest absolute Gasteiger partial charge is 0.356 e. The van der Waals surface area contributed by atoms with Crippen LogP contribution >= 0.6 is 0 Å². The third-order valence-electron chi connectivity index (χ3n) is 3.29. The zero-order valence-corrected chi connectivity index (χ0v) is 10.7. The van der Waals surface area contributed by atoms with Crippen molar-refractivity contribution < 1.29 is 14.7 Å². The number of nitrogens with zero attached hydrogens (tertiary/aromatic N) is 3. The van der Waals surface area contributed by atoms with Gasteiger partial charge in [-0.05, 0) is 12.8 Å². The highest BCUT2D eigenvalue weighted by Crippen LogP contribution is 2.21. The van der Waals surface area contributed by atoms with Crippen LogP contribution in [0.3, 0.4) is 0 Å². The van der Waals surface area contributed by atoms with Crippen LogP contribution in [0.5, 0.6) is 0 Å². The van der Waals surface area contributed by atoms with E-state index in [1.54, 1.807) is 7.05 Å². The van der Waals surface area contributed by atoms with Gasteiger partial charge < -0.3 is 15.3 Å². The van der Waals surface area contributed by atoms with Gasteiger partial charge in [-0.2, -0.15) is 0 Å². The average molecular weight is 264 g/mol. The first kappa shape index (κ1) is 13.3. The molecule has 7 nitrogen and oxygen atoms in total. The van der Waals surface area contributed by atoms with Gasteiger partial charge in [-0.3, -0.25) is 4.79 Å². The Balaban J connectivity index is 1.97.